The van der Waals surface area contributed by atoms with E-state index in [1.165, 1.54) is 23.1 Å². The zero-order valence-corrected chi connectivity index (χ0v) is 6.18. The van der Waals surface area contributed by atoms with Crippen LogP contribution in [0.15, 0.2) is 18.6 Å². The predicted molar refractivity (Wildman–Crippen MR) is 40.6 cm³/mol. The lowest BCUT2D eigenvalue weighted by molar-refractivity contribution is 0.283. The zero-order valence-electron chi connectivity index (χ0n) is 6.18. The highest BCUT2D eigenvalue weighted by Gasteiger charge is 2.03. The van der Waals surface area contributed by atoms with Crippen LogP contribution in [0.3, 0.4) is 0 Å². The topological polar surface area (TPSA) is 70.7 Å². The molecule has 2 aromatic heterocycles. The molecule has 0 radical (unpaired) electrons. The average molecular weight is 165 g/mol. The van der Waals surface area contributed by atoms with Gasteiger partial charge in [-0.25, -0.2) is 9.50 Å². The van der Waals surface area contributed by atoms with Gasteiger partial charge in [0.2, 0.25) is 0 Å². The van der Waals surface area contributed by atoms with E-state index in [1.54, 1.807) is 0 Å². The molecule has 2 rings (SSSR count). The summed E-state index contributed by atoms with van der Waals surface area (Å²) in [5.74, 6) is 0.0510. The van der Waals surface area contributed by atoms with Crippen LogP contribution in [0, 0.1) is 0 Å². The first-order chi connectivity index (χ1) is 5.81. The summed E-state index contributed by atoms with van der Waals surface area (Å²) >= 11 is 0. The van der Waals surface area contributed by atoms with Crippen LogP contribution in [0.25, 0.3) is 5.65 Å². The molecular weight excluding hydrogens is 158 g/mol. The minimum absolute atomic E-state index is 0.0510. The number of aromatic nitrogens is 3. The Labute approximate surface area is 67.9 Å². The van der Waals surface area contributed by atoms with E-state index in [9.17, 15) is 0 Å². The van der Waals surface area contributed by atoms with Crippen LogP contribution in [-0.2, 0) is 6.61 Å². The summed E-state index contributed by atoms with van der Waals surface area (Å²) in [5, 5.41) is 21.7. The van der Waals surface area contributed by atoms with Gasteiger partial charge < -0.3 is 10.2 Å². The minimum atomic E-state index is -0.0960. The predicted octanol–water partition coefficient (Wildman–Crippen LogP) is -0.0728. The number of hydrogen-bond acceptors (Lipinski definition) is 4. The quantitative estimate of drug-likeness (QED) is 0.620. The fourth-order valence-electron chi connectivity index (χ4n) is 1.03. The van der Waals surface area contributed by atoms with Crippen LogP contribution in [0.2, 0.25) is 0 Å². The maximum Gasteiger partial charge on any atom is 0.160 e. The standard InChI is InChI=1S/C7H7N3O2/c11-4-5-1-9-10-3-6(12)2-8-7(5)10/h1-3,11-12H,4H2. The molecule has 0 bridgehead atoms. The average Bonchev–Trinajstić information content (AvgIpc) is 2.46. The molecule has 5 nitrogen and oxygen atoms in total. The summed E-state index contributed by atoms with van der Waals surface area (Å²) in [6.45, 7) is -0.0960. The van der Waals surface area contributed by atoms with E-state index in [0.29, 0.717) is 11.2 Å². The Kier molecular flexibility index (Phi) is 1.44. The van der Waals surface area contributed by atoms with E-state index in [1.807, 2.05) is 0 Å². The summed E-state index contributed by atoms with van der Waals surface area (Å²) in [6.07, 6.45) is 4.26. The van der Waals surface area contributed by atoms with Gasteiger partial charge in [0.15, 0.2) is 11.4 Å². The Morgan fingerprint density at radius 2 is 2.25 bits per heavy atom. The largest absolute Gasteiger partial charge is 0.505 e. The second-order valence-electron chi connectivity index (χ2n) is 2.41. The molecule has 62 valence electrons. The molecule has 5 heteroatoms. The number of hydrogen-bond donors (Lipinski definition) is 2. The number of rotatable bonds is 1. The van der Waals surface area contributed by atoms with E-state index < -0.39 is 0 Å². The minimum Gasteiger partial charge on any atom is -0.505 e. The van der Waals surface area contributed by atoms with Crippen molar-refractivity contribution in [1.29, 1.82) is 0 Å². The molecular formula is C7H7N3O2. The number of nitrogens with zero attached hydrogens (tertiary/aromatic N) is 3. The molecule has 0 aliphatic carbocycles. The molecule has 2 N–H and O–H groups in total. The van der Waals surface area contributed by atoms with Crippen molar-refractivity contribution < 1.29 is 10.2 Å². The van der Waals surface area contributed by atoms with Gasteiger partial charge in [-0.2, -0.15) is 5.10 Å². The molecule has 0 aromatic carbocycles. The fraction of sp³-hybridized carbons (Fsp3) is 0.143. The Morgan fingerprint density at radius 3 is 3.00 bits per heavy atom. The molecule has 0 spiro atoms. The molecule has 2 heterocycles. The van der Waals surface area contributed by atoms with Crippen molar-refractivity contribution in [3.05, 3.63) is 24.2 Å². The summed E-state index contributed by atoms with van der Waals surface area (Å²) in [5.41, 5.74) is 1.21. The normalized spacial score (nSPS) is 10.8. The van der Waals surface area contributed by atoms with Gasteiger partial charge in [0.25, 0.3) is 0 Å². The zero-order chi connectivity index (χ0) is 8.55. The molecule has 0 fully saturated rings. The lowest BCUT2D eigenvalue weighted by Crippen LogP contribution is -1.90. The van der Waals surface area contributed by atoms with Crippen LogP contribution in [0.1, 0.15) is 5.56 Å². The molecule has 0 aliphatic heterocycles. The van der Waals surface area contributed by atoms with Gasteiger partial charge in [0.05, 0.1) is 25.2 Å². The van der Waals surface area contributed by atoms with Crippen LogP contribution < -0.4 is 0 Å². The van der Waals surface area contributed by atoms with Crippen LogP contribution in [0.4, 0.5) is 0 Å². The van der Waals surface area contributed by atoms with E-state index >= 15 is 0 Å². The van der Waals surface area contributed by atoms with Gasteiger partial charge in [-0.05, 0) is 0 Å². The van der Waals surface area contributed by atoms with Crippen LogP contribution in [-0.4, -0.2) is 24.8 Å². The molecule has 0 aliphatic rings. The number of aliphatic hydroxyl groups excluding tert-OH is 1. The molecule has 0 unspecified atom stereocenters. The number of aliphatic hydroxyl groups is 1. The number of fused-ring (bicyclic) bond motifs is 1. The van der Waals surface area contributed by atoms with Crippen molar-refractivity contribution in [3.63, 3.8) is 0 Å². The Bertz CT molecular complexity index is 410. The molecule has 12 heavy (non-hydrogen) atoms. The van der Waals surface area contributed by atoms with Gasteiger partial charge in [-0.1, -0.05) is 0 Å². The first-order valence-corrected chi connectivity index (χ1v) is 3.43. The smallest absolute Gasteiger partial charge is 0.160 e. The third-order valence-corrected chi connectivity index (χ3v) is 1.59. The first kappa shape index (κ1) is 7.05. The summed E-state index contributed by atoms with van der Waals surface area (Å²) in [7, 11) is 0. The lowest BCUT2D eigenvalue weighted by Gasteiger charge is -1.94. The molecule has 0 saturated heterocycles. The Hall–Kier alpha value is -1.62. The van der Waals surface area contributed by atoms with Crippen molar-refractivity contribution in [3.8, 4) is 5.75 Å². The van der Waals surface area contributed by atoms with Crippen molar-refractivity contribution in [2.24, 2.45) is 0 Å². The maximum absolute atomic E-state index is 9.03. The lowest BCUT2D eigenvalue weighted by atomic mass is 10.4. The summed E-state index contributed by atoms with van der Waals surface area (Å²) < 4.78 is 1.42. The van der Waals surface area contributed by atoms with Gasteiger partial charge in [-0.3, -0.25) is 0 Å². The highest BCUT2D eigenvalue weighted by atomic mass is 16.3. The summed E-state index contributed by atoms with van der Waals surface area (Å²) in [4.78, 5) is 3.90. The third kappa shape index (κ3) is 0.911. The van der Waals surface area contributed by atoms with Gasteiger partial charge in [0.1, 0.15) is 0 Å². The highest BCUT2D eigenvalue weighted by molar-refractivity contribution is 5.46. The van der Waals surface area contributed by atoms with Gasteiger partial charge in [0, 0.05) is 5.56 Å². The fourth-order valence-corrected chi connectivity index (χ4v) is 1.03. The first-order valence-electron chi connectivity index (χ1n) is 3.43. The van der Waals surface area contributed by atoms with E-state index in [0.717, 1.165) is 0 Å². The molecule has 2 aromatic rings. The van der Waals surface area contributed by atoms with Gasteiger partial charge in [-0.15, -0.1) is 0 Å². The van der Waals surface area contributed by atoms with Crippen molar-refractivity contribution >= 4 is 5.65 Å². The Balaban J connectivity index is 2.73. The Morgan fingerprint density at radius 1 is 1.42 bits per heavy atom. The SMILES string of the molecule is OCc1cnn2cc(O)cnc12. The molecule has 0 saturated carbocycles. The van der Waals surface area contributed by atoms with Crippen LogP contribution in [0.5, 0.6) is 5.75 Å². The van der Waals surface area contributed by atoms with E-state index in [-0.39, 0.29) is 12.4 Å². The molecule has 0 atom stereocenters. The highest BCUT2D eigenvalue weighted by Crippen LogP contribution is 2.11. The summed E-state index contributed by atoms with van der Waals surface area (Å²) in [6, 6.07) is 0. The van der Waals surface area contributed by atoms with Crippen molar-refractivity contribution in [2.45, 2.75) is 6.61 Å². The number of aromatic hydroxyl groups is 1. The maximum atomic E-state index is 9.03. The van der Waals surface area contributed by atoms with E-state index in [2.05, 4.69) is 10.1 Å². The second kappa shape index (κ2) is 2.46. The third-order valence-electron chi connectivity index (χ3n) is 1.59. The van der Waals surface area contributed by atoms with Crippen molar-refractivity contribution in [2.75, 3.05) is 0 Å². The second-order valence-corrected chi connectivity index (χ2v) is 2.41. The molecule has 0 amide bonds. The monoisotopic (exact) mass is 165 g/mol. The van der Waals surface area contributed by atoms with Crippen LogP contribution >= 0.6 is 0 Å². The van der Waals surface area contributed by atoms with Gasteiger partial charge >= 0.3 is 0 Å². The van der Waals surface area contributed by atoms with E-state index in [4.69, 9.17) is 10.2 Å². The van der Waals surface area contributed by atoms with Crippen molar-refractivity contribution in [1.82, 2.24) is 14.6 Å².